The summed E-state index contributed by atoms with van der Waals surface area (Å²) >= 11 is 9.25. The summed E-state index contributed by atoms with van der Waals surface area (Å²) in [4.78, 5) is 6.48. The number of hydrogen-bond donors (Lipinski definition) is 1. The number of hydrogen-bond acceptors (Lipinski definition) is 2. The molecule has 1 aliphatic rings. The monoisotopic (exact) mass is 520 g/mol. The smallest absolute Gasteiger partial charge is 0.174 e. The summed E-state index contributed by atoms with van der Waals surface area (Å²) in [6.45, 7) is 4.18. The fraction of sp³-hybridized carbons (Fsp3) is 0.154. The van der Waals surface area contributed by atoms with E-state index in [9.17, 15) is 4.39 Å². The topological polar surface area (TPSA) is 33.1 Å². The Balaban J connectivity index is 1.69. The van der Waals surface area contributed by atoms with Gasteiger partial charge in [0.2, 0.25) is 0 Å². The number of para-hydroxylation sites is 1. The Kier molecular flexibility index (Phi) is 5.76. The van der Waals surface area contributed by atoms with Gasteiger partial charge in [-0.3, -0.25) is 4.98 Å². The van der Waals surface area contributed by atoms with Crippen molar-refractivity contribution in [1.82, 2.24) is 14.9 Å². The third-order valence-corrected chi connectivity index (χ3v) is 6.93. The summed E-state index contributed by atoms with van der Waals surface area (Å²) in [5, 5.41) is 3.89. The van der Waals surface area contributed by atoms with E-state index in [1.54, 1.807) is 18.3 Å². The van der Waals surface area contributed by atoms with E-state index in [4.69, 9.17) is 12.2 Å². The highest BCUT2D eigenvalue weighted by Gasteiger charge is 2.43. The van der Waals surface area contributed by atoms with Crippen molar-refractivity contribution in [2.75, 3.05) is 4.90 Å². The molecule has 7 heteroatoms. The average Bonchev–Trinajstić information content (AvgIpc) is 3.31. The van der Waals surface area contributed by atoms with Gasteiger partial charge in [0.05, 0.1) is 23.5 Å². The van der Waals surface area contributed by atoms with E-state index >= 15 is 0 Å². The fourth-order valence-electron chi connectivity index (χ4n) is 4.65. The zero-order chi connectivity index (χ0) is 23.1. The first-order valence-corrected chi connectivity index (χ1v) is 11.9. The number of benzene rings is 2. The third kappa shape index (κ3) is 3.85. The molecular formula is C26H22BrFN4S. The number of nitrogens with one attached hydrogen (secondary N) is 1. The molecule has 166 valence electrons. The maximum atomic E-state index is 15.0. The number of nitrogens with zero attached hydrogens (tertiary/aromatic N) is 3. The van der Waals surface area contributed by atoms with Crippen molar-refractivity contribution in [1.29, 1.82) is 0 Å². The minimum atomic E-state index is -0.310. The van der Waals surface area contributed by atoms with Crippen LogP contribution in [0.4, 0.5) is 10.1 Å². The second-order valence-corrected chi connectivity index (χ2v) is 9.39. The van der Waals surface area contributed by atoms with Gasteiger partial charge in [0, 0.05) is 27.7 Å². The molecule has 33 heavy (non-hydrogen) atoms. The molecule has 1 saturated heterocycles. The summed E-state index contributed by atoms with van der Waals surface area (Å²) in [5.74, 6) is -0.310. The van der Waals surface area contributed by atoms with E-state index in [-0.39, 0.29) is 17.9 Å². The van der Waals surface area contributed by atoms with Crippen molar-refractivity contribution in [3.05, 3.63) is 112 Å². The van der Waals surface area contributed by atoms with Crippen LogP contribution in [0, 0.1) is 19.7 Å². The van der Waals surface area contributed by atoms with E-state index < -0.39 is 0 Å². The van der Waals surface area contributed by atoms with E-state index in [0.29, 0.717) is 10.8 Å². The zero-order valence-corrected chi connectivity index (χ0v) is 20.6. The second-order valence-electron chi connectivity index (χ2n) is 8.09. The van der Waals surface area contributed by atoms with Gasteiger partial charge in [0.15, 0.2) is 5.11 Å². The van der Waals surface area contributed by atoms with Gasteiger partial charge in [-0.1, -0.05) is 34.1 Å². The van der Waals surface area contributed by atoms with Gasteiger partial charge in [-0.2, -0.15) is 0 Å². The van der Waals surface area contributed by atoms with Crippen LogP contribution in [0.15, 0.2) is 83.5 Å². The van der Waals surface area contributed by atoms with Crippen molar-refractivity contribution in [2.24, 2.45) is 0 Å². The van der Waals surface area contributed by atoms with Crippen molar-refractivity contribution in [3.63, 3.8) is 0 Å². The van der Waals surface area contributed by atoms with Gasteiger partial charge < -0.3 is 14.8 Å². The number of aromatic nitrogens is 2. The lowest BCUT2D eigenvalue weighted by atomic mass is 9.96. The number of aryl methyl sites for hydroxylation is 1. The first-order valence-electron chi connectivity index (χ1n) is 10.7. The summed E-state index contributed by atoms with van der Waals surface area (Å²) in [5.41, 5.74) is 5.62. The molecule has 1 fully saturated rings. The zero-order valence-electron chi connectivity index (χ0n) is 18.2. The molecule has 3 heterocycles. The number of thiocarbonyl (C=S) groups is 1. The average molecular weight is 521 g/mol. The number of rotatable bonds is 4. The van der Waals surface area contributed by atoms with Crippen molar-refractivity contribution < 1.29 is 4.39 Å². The van der Waals surface area contributed by atoms with Crippen LogP contribution in [0.2, 0.25) is 0 Å². The van der Waals surface area contributed by atoms with Crippen LogP contribution in [-0.4, -0.2) is 14.7 Å². The lowest BCUT2D eigenvalue weighted by Crippen LogP contribution is -2.30. The summed E-state index contributed by atoms with van der Waals surface area (Å²) < 4.78 is 18.2. The number of anilines is 1. The van der Waals surface area contributed by atoms with Crippen LogP contribution >= 0.6 is 28.1 Å². The first kappa shape index (κ1) is 21.8. The lowest BCUT2D eigenvalue weighted by Gasteiger charge is -2.28. The van der Waals surface area contributed by atoms with Gasteiger partial charge >= 0.3 is 0 Å². The van der Waals surface area contributed by atoms with Crippen LogP contribution in [-0.2, 0) is 0 Å². The van der Waals surface area contributed by atoms with E-state index in [1.807, 2.05) is 41.3 Å². The Morgan fingerprint density at radius 3 is 2.42 bits per heavy atom. The Morgan fingerprint density at radius 1 is 1.00 bits per heavy atom. The molecule has 4 nitrogen and oxygen atoms in total. The molecule has 0 radical (unpaired) electrons. The molecule has 0 bridgehead atoms. The van der Waals surface area contributed by atoms with Crippen LogP contribution in [0.5, 0.6) is 0 Å². The molecule has 0 unspecified atom stereocenters. The third-order valence-electron chi connectivity index (χ3n) is 6.08. The van der Waals surface area contributed by atoms with Crippen LogP contribution in [0.25, 0.3) is 5.69 Å². The van der Waals surface area contributed by atoms with Crippen molar-refractivity contribution >= 4 is 38.9 Å². The minimum Gasteiger partial charge on any atom is -0.351 e. The van der Waals surface area contributed by atoms with E-state index in [1.165, 1.54) is 6.07 Å². The van der Waals surface area contributed by atoms with Crippen LogP contribution in [0.1, 0.15) is 34.7 Å². The summed E-state index contributed by atoms with van der Waals surface area (Å²) in [6.07, 6.45) is 1.77. The summed E-state index contributed by atoms with van der Waals surface area (Å²) in [7, 11) is 0. The SMILES string of the molecule is Cc1cc([C@@H]2[C@H](c3ccccn3)NC(=S)N2c2ccccc2F)c(C)n1-c1ccc(Br)cc1. The largest absolute Gasteiger partial charge is 0.351 e. The minimum absolute atomic E-state index is 0.225. The van der Waals surface area contributed by atoms with Crippen LogP contribution in [0.3, 0.4) is 0 Å². The Morgan fingerprint density at radius 2 is 1.73 bits per heavy atom. The maximum absolute atomic E-state index is 15.0. The lowest BCUT2D eigenvalue weighted by molar-refractivity contribution is 0.556. The van der Waals surface area contributed by atoms with Crippen molar-refractivity contribution in [3.8, 4) is 5.69 Å². The molecule has 0 saturated carbocycles. The normalized spacial score (nSPS) is 17.9. The molecule has 0 amide bonds. The molecule has 4 aromatic rings. The van der Waals surface area contributed by atoms with Gasteiger partial charge in [-0.25, -0.2) is 4.39 Å². The fourth-order valence-corrected chi connectivity index (χ4v) is 5.26. The van der Waals surface area contributed by atoms with E-state index in [0.717, 1.165) is 32.8 Å². The molecular weight excluding hydrogens is 499 g/mol. The van der Waals surface area contributed by atoms with Crippen molar-refractivity contribution in [2.45, 2.75) is 25.9 Å². The predicted octanol–water partition coefficient (Wildman–Crippen LogP) is 6.57. The molecule has 2 aromatic carbocycles. The molecule has 5 rings (SSSR count). The molecule has 1 aliphatic heterocycles. The summed E-state index contributed by atoms with van der Waals surface area (Å²) in [6, 6.07) is 22.5. The van der Waals surface area contributed by atoms with Gasteiger partial charge in [-0.15, -0.1) is 0 Å². The first-order chi connectivity index (χ1) is 16.0. The van der Waals surface area contributed by atoms with Crippen LogP contribution < -0.4 is 10.2 Å². The van der Waals surface area contributed by atoms with Gasteiger partial charge in [-0.05, 0) is 86.2 Å². The Labute approximate surface area is 206 Å². The Hall–Kier alpha value is -3.03. The molecule has 0 spiro atoms. The molecule has 1 N–H and O–H groups in total. The standard InChI is InChI=1S/C26H22BrFN4S/c1-16-15-20(17(2)31(16)19-12-10-18(27)11-13-19)25-24(22-8-5-6-14-29-22)30-26(33)32(25)23-9-4-3-7-21(23)28/h3-15,24-25H,1-2H3,(H,30,33)/t24-,25+/m0/s1. The quantitative estimate of drug-likeness (QED) is 0.308. The maximum Gasteiger partial charge on any atom is 0.174 e. The Bertz CT molecular complexity index is 1320. The van der Waals surface area contributed by atoms with E-state index in [2.05, 4.69) is 62.8 Å². The highest BCUT2D eigenvalue weighted by Crippen LogP contribution is 2.44. The number of halogens is 2. The molecule has 2 aromatic heterocycles. The predicted molar refractivity (Wildman–Crippen MR) is 137 cm³/mol. The highest BCUT2D eigenvalue weighted by molar-refractivity contribution is 9.10. The van der Waals surface area contributed by atoms with Gasteiger partial charge in [0.25, 0.3) is 0 Å². The molecule has 2 atom stereocenters. The second kappa shape index (κ2) is 8.72. The van der Waals surface area contributed by atoms with Gasteiger partial charge in [0.1, 0.15) is 5.82 Å². The number of pyridine rings is 1. The highest BCUT2D eigenvalue weighted by atomic mass is 79.9. The molecule has 0 aliphatic carbocycles.